The predicted molar refractivity (Wildman–Crippen MR) is 96.5 cm³/mol. The SMILES string of the molecule is CO[C@@H]1CCC[C@]12CCCN(S(=O)(=O)c1ccc3oc(=O)n(C)c3c1)C2. The molecule has 2 fully saturated rings. The summed E-state index contributed by atoms with van der Waals surface area (Å²) in [6.45, 7) is 1.01. The van der Waals surface area contributed by atoms with E-state index in [9.17, 15) is 13.2 Å². The standard InChI is InChI=1S/C18H24N2O5S/c1-19-14-11-13(6-7-15(14)25-17(19)21)26(22,23)20-10-4-9-18(12-20)8-3-5-16(18)24-2/h6-7,11,16H,3-5,8-10,12H2,1-2H3/t16-,18-/m1/s1. The molecule has 1 aromatic carbocycles. The van der Waals surface area contributed by atoms with E-state index < -0.39 is 15.8 Å². The molecule has 142 valence electrons. The third-order valence-corrected chi connectivity index (χ3v) is 7.92. The molecule has 0 bridgehead atoms. The smallest absolute Gasteiger partial charge is 0.408 e. The number of oxazole rings is 1. The second kappa shape index (κ2) is 6.21. The fourth-order valence-corrected chi connectivity index (χ4v) is 6.27. The number of hydrogen-bond donors (Lipinski definition) is 0. The lowest BCUT2D eigenvalue weighted by atomic mass is 9.77. The van der Waals surface area contributed by atoms with Crippen molar-refractivity contribution in [2.75, 3.05) is 20.2 Å². The van der Waals surface area contributed by atoms with Crippen LogP contribution < -0.4 is 5.76 Å². The minimum atomic E-state index is -3.64. The molecule has 0 radical (unpaired) electrons. The van der Waals surface area contributed by atoms with Gasteiger partial charge in [0.2, 0.25) is 10.0 Å². The number of aromatic nitrogens is 1. The predicted octanol–water partition coefficient (Wildman–Crippen LogP) is 2.10. The Kier molecular flexibility index (Phi) is 4.24. The van der Waals surface area contributed by atoms with Crippen molar-refractivity contribution in [1.82, 2.24) is 8.87 Å². The highest BCUT2D eigenvalue weighted by atomic mass is 32.2. The summed E-state index contributed by atoms with van der Waals surface area (Å²) in [6, 6.07) is 4.60. The maximum absolute atomic E-state index is 13.3. The number of ether oxygens (including phenoxy) is 1. The highest BCUT2D eigenvalue weighted by Gasteiger charge is 2.48. The van der Waals surface area contributed by atoms with Crippen molar-refractivity contribution in [2.24, 2.45) is 12.5 Å². The molecule has 26 heavy (non-hydrogen) atoms. The van der Waals surface area contributed by atoms with Crippen molar-refractivity contribution in [3.8, 4) is 0 Å². The first-order chi connectivity index (χ1) is 12.4. The number of aryl methyl sites for hydroxylation is 1. The highest BCUT2D eigenvalue weighted by Crippen LogP contribution is 2.47. The summed E-state index contributed by atoms with van der Waals surface area (Å²) >= 11 is 0. The first-order valence-electron chi connectivity index (χ1n) is 9.00. The van der Waals surface area contributed by atoms with Gasteiger partial charge in [-0.25, -0.2) is 13.2 Å². The molecule has 0 amide bonds. The van der Waals surface area contributed by atoms with Crippen LogP contribution >= 0.6 is 0 Å². The van der Waals surface area contributed by atoms with Crippen molar-refractivity contribution in [3.05, 3.63) is 28.7 Å². The molecule has 1 aromatic heterocycles. The van der Waals surface area contributed by atoms with Gasteiger partial charge in [0.25, 0.3) is 0 Å². The van der Waals surface area contributed by atoms with Crippen molar-refractivity contribution in [3.63, 3.8) is 0 Å². The van der Waals surface area contributed by atoms with Crippen LogP contribution in [0, 0.1) is 5.41 Å². The Hall–Kier alpha value is -1.64. The van der Waals surface area contributed by atoms with E-state index in [0.717, 1.165) is 32.1 Å². The molecule has 1 saturated heterocycles. The first kappa shape index (κ1) is 17.8. The van der Waals surface area contributed by atoms with Gasteiger partial charge < -0.3 is 9.15 Å². The molecule has 1 spiro atoms. The molecule has 2 aromatic rings. The summed E-state index contributed by atoms with van der Waals surface area (Å²) in [5, 5.41) is 0. The molecule has 1 aliphatic carbocycles. The molecule has 7 nitrogen and oxygen atoms in total. The van der Waals surface area contributed by atoms with Crippen molar-refractivity contribution in [1.29, 1.82) is 0 Å². The summed E-state index contributed by atoms with van der Waals surface area (Å²) in [5.41, 5.74) is 0.798. The number of rotatable bonds is 3. The van der Waals surface area contributed by atoms with Gasteiger partial charge in [0.15, 0.2) is 5.58 Å². The molecule has 2 atom stereocenters. The molecule has 1 aliphatic heterocycles. The summed E-state index contributed by atoms with van der Waals surface area (Å²) < 4.78 is 40.2. The van der Waals surface area contributed by atoms with E-state index in [4.69, 9.17) is 9.15 Å². The largest absolute Gasteiger partial charge is 0.419 e. The van der Waals surface area contributed by atoms with Gasteiger partial charge in [-0.3, -0.25) is 4.57 Å². The number of hydrogen-bond acceptors (Lipinski definition) is 5. The van der Waals surface area contributed by atoms with Crippen LogP contribution in [0.1, 0.15) is 32.1 Å². The lowest BCUT2D eigenvalue weighted by Gasteiger charge is -2.43. The van der Waals surface area contributed by atoms with E-state index in [-0.39, 0.29) is 16.4 Å². The van der Waals surface area contributed by atoms with E-state index in [1.807, 2.05) is 0 Å². The Bertz CT molecular complexity index is 993. The first-order valence-corrected chi connectivity index (χ1v) is 10.4. The minimum absolute atomic E-state index is 0.0767. The second-order valence-corrected chi connectivity index (χ2v) is 9.42. The van der Waals surface area contributed by atoms with Crippen LogP contribution in [-0.2, 0) is 21.8 Å². The average Bonchev–Trinajstić information content (AvgIpc) is 3.15. The van der Waals surface area contributed by atoms with Crippen LogP contribution in [0.4, 0.5) is 0 Å². The molecule has 1 saturated carbocycles. The van der Waals surface area contributed by atoms with Gasteiger partial charge in [0.05, 0.1) is 16.5 Å². The van der Waals surface area contributed by atoms with Gasteiger partial charge in [-0.15, -0.1) is 0 Å². The zero-order chi connectivity index (χ0) is 18.5. The molecule has 0 unspecified atom stereocenters. The number of methoxy groups -OCH3 is 1. The van der Waals surface area contributed by atoms with Gasteiger partial charge in [-0.05, 0) is 43.9 Å². The number of benzene rings is 1. The average molecular weight is 380 g/mol. The van der Waals surface area contributed by atoms with Crippen molar-refractivity contribution in [2.45, 2.75) is 43.1 Å². The van der Waals surface area contributed by atoms with E-state index in [0.29, 0.717) is 24.2 Å². The van der Waals surface area contributed by atoms with E-state index in [1.165, 1.54) is 16.7 Å². The zero-order valence-corrected chi connectivity index (χ0v) is 15.9. The Morgan fingerprint density at radius 2 is 2.04 bits per heavy atom. The van der Waals surface area contributed by atoms with Crippen LogP contribution in [0.25, 0.3) is 11.1 Å². The Balaban J connectivity index is 1.70. The minimum Gasteiger partial charge on any atom is -0.408 e. The lowest BCUT2D eigenvalue weighted by Crippen LogP contribution is -2.49. The number of sulfonamides is 1. The van der Waals surface area contributed by atoms with Crippen LogP contribution in [0.2, 0.25) is 0 Å². The summed E-state index contributed by atoms with van der Waals surface area (Å²) in [6.07, 6.45) is 5.05. The van der Waals surface area contributed by atoms with Gasteiger partial charge in [-0.1, -0.05) is 6.42 Å². The third-order valence-electron chi connectivity index (χ3n) is 6.08. The van der Waals surface area contributed by atoms with Gasteiger partial charge in [0.1, 0.15) is 0 Å². The van der Waals surface area contributed by atoms with Crippen LogP contribution in [0.5, 0.6) is 0 Å². The van der Waals surface area contributed by atoms with E-state index >= 15 is 0 Å². The number of piperidine rings is 1. The van der Waals surface area contributed by atoms with Gasteiger partial charge in [0, 0.05) is 32.7 Å². The fraction of sp³-hybridized carbons (Fsp3) is 0.611. The summed E-state index contributed by atoms with van der Waals surface area (Å²) in [5.74, 6) is -0.500. The molecule has 2 aliphatic rings. The lowest BCUT2D eigenvalue weighted by molar-refractivity contribution is -0.0184. The summed E-state index contributed by atoms with van der Waals surface area (Å²) in [4.78, 5) is 11.9. The van der Waals surface area contributed by atoms with E-state index in [1.54, 1.807) is 24.5 Å². The Morgan fingerprint density at radius 3 is 2.81 bits per heavy atom. The van der Waals surface area contributed by atoms with Gasteiger partial charge in [-0.2, -0.15) is 4.31 Å². The fourth-order valence-electron chi connectivity index (χ4n) is 4.68. The third kappa shape index (κ3) is 2.62. The monoisotopic (exact) mass is 380 g/mol. The van der Waals surface area contributed by atoms with Crippen molar-refractivity contribution >= 4 is 21.1 Å². The number of fused-ring (bicyclic) bond motifs is 1. The topological polar surface area (TPSA) is 81.8 Å². The molecular weight excluding hydrogens is 356 g/mol. The quantitative estimate of drug-likeness (QED) is 0.814. The molecule has 2 heterocycles. The van der Waals surface area contributed by atoms with Crippen molar-refractivity contribution < 1.29 is 17.6 Å². The maximum atomic E-state index is 13.3. The van der Waals surface area contributed by atoms with E-state index in [2.05, 4.69) is 0 Å². The second-order valence-electron chi connectivity index (χ2n) is 7.48. The highest BCUT2D eigenvalue weighted by molar-refractivity contribution is 7.89. The maximum Gasteiger partial charge on any atom is 0.419 e. The molecule has 8 heteroatoms. The summed E-state index contributed by atoms with van der Waals surface area (Å²) in [7, 11) is -0.343. The van der Waals surface area contributed by atoms with Crippen LogP contribution in [0.15, 0.2) is 32.3 Å². The Labute approximate surface area is 152 Å². The van der Waals surface area contributed by atoms with Crippen LogP contribution in [0.3, 0.4) is 0 Å². The molecule has 4 rings (SSSR count). The number of nitrogens with zero attached hydrogens (tertiary/aromatic N) is 2. The van der Waals surface area contributed by atoms with Gasteiger partial charge >= 0.3 is 5.76 Å². The molecule has 0 N–H and O–H groups in total. The normalized spacial score (nSPS) is 27.5. The molecular formula is C18H24N2O5S. The van der Waals surface area contributed by atoms with Crippen LogP contribution in [-0.4, -0.2) is 43.6 Å². The Morgan fingerprint density at radius 1 is 1.27 bits per heavy atom. The zero-order valence-electron chi connectivity index (χ0n) is 15.1.